The van der Waals surface area contributed by atoms with E-state index in [-0.39, 0.29) is 49.1 Å². The molecule has 3 heterocycles. The number of carbonyl (C=O) groups excluding carboxylic acids is 1. The summed E-state index contributed by atoms with van der Waals surface area (Å²) in [5.74, 6) is 1.97. The number of nitro benzene ring substituents is 2. The smallest absolute Gasteiger partial charge is 0.305 e. The van der Waals surface area contributed by atoms with Crippen LogP contribution in [0.25, 0.3) is 33.1 Å². The van der Waals surface area contributed by atoms with Crippen molar-refractivity contribution in [3.8, 4) is 23.0 Å². The highest BCUT2D eigenvalue weighted by Crippen LogP contribution is 2.33. The van der Waals surface area contributed by atoms with Crippen LogP contribution in [0.5, 0.6) is 23.0 Å². The van der Waals surface area contributed by atoms with Crippen LogP contribution in [0.4, 0.5) is 38.8 Å². The average molecular weight is 1860 g/mol. The molecule has 11 N–H and O–H groups in total. The summed E-state index contributed by atoms with van der Waals surface area (Å²) in [6.07, 6.45) is -0.844. The van der Waals surface area contributed by atoms with Crippen LogP contribution in [0.1, 0.15) is 88.8 Å². The van der Waals surface area contributed by atoms with E-state index >= 15 is 0 Å². The Bertz CT molecular complexity index is 6940. The number of nitrogens with zero attached hydrogens (tertiary/aromatic N) is 8. The number of Topliss-reactive ketones (excluding diaryl/α,β-unsaturated/α-hetero) is 1. The first kappa shape index (κ1) is 98.3. The number of nitrogen functional groups attached to an aromatic ring is 2. The number of fused-ring (bicyclic) bond motifs is 3. The first-order valence-electron chi connectivity index (χ1n) is 41.5. The number of methoxy groups -OCH3 is 4. The predicted molar refractivity (Wildman–Crippen MR) is 521 cm³/mol. The van der Waals surface area contributed by atoms with Crippen LogP contribution < -0.4 is 52.3 Å². The molecule has 0 aliphatic carbocycles. The van der Waals surface area contributed by atoms with Crippen molar-refractivity contribution in [1.82, 2.24) is 27.8 Å². The molecule has 682 valence electrons. The molecule has 3 aromatic heterocycles. The summed E-state index contributed by atoms with van der Waals surface area (Å²) in [4.78, 5) is 37.3. The number of ketones is 1. The third-order valence-electron chi connectivity index (χ3n) is 22.1. The van der Waals surface area contributed by atoms with Crippen molar-refractivity contribution in [3.63, 3.8) is 0 Å². The molecule has 0 aliphatic heterocycles. The number of rotatable bonds is 26. The van der Waals surface area contributed by atoms with E-state index in [4.69, 9.17) is 93.1 Å². The Kier molecular flexibility index (Phi) is 34.5. The summed E-state index contributed by atoms with van der Waals surface area (Å²) < 4.78 is 42.9. The molecule has 0 saturated heterocycles. The summed E-state index contributed by atoms with van der Waals surface area (Å²) in [5.41, 5.74) is 33.5. The van der Waals surface area contributed by atoms with Crippen molar-refractivity contribution in [2.45, 2.75) is 99.7 Å². The lowest BCUT2D eigenvalue weighted by Crippen LogP contribution is -2.27. The Morgan fingerprint density at radius 3 is 1.31 bits per heavy atom. The van der Waals surface area contributed by atoms with E-state index in [1.54, 1.807) is 79.0 Å². The molecule has 0 bridgehead atoms. The highest BCUT2D eigenvalue weighted by molar-refractivity contribution is 6.42. The second kappa shape index (κ2) is 46.3. The normalized spacial score (nSPS) is 11.0. The molecule has 0 spiro atoms. The van der Waals surface area contributed by atoms with Gasteiger partial charge in [0.2, 0.25) is 23.0 Å². The van der Waals surface area contributed by atoms with Crippen molar-refractivity contribution >= 4 is 120 Å². The van der Waals surface area contributed by atoms with Crippen LogP contribution in [0.2, 0.25) is 20.1 Å². The number of ether oxygens (including phenoxy) is 4. The van der Waals surface area contributed by atoms with E-state index in [1.165, 1.54) is 41.5 Å². The fourth-order valence-corrected chi connectivity index (χ4v) is 15.0. The van der Waals surface area contributed by atoms with Crippen molar-refractivity contribution in [2.75, 3.05) is 50.5 Å². The van der Waals surface area contributed by atoms with Gasteiger partial charge in [0.05, 0.1) is 155 Å². The van der Waals surface area contributed by atoms with E-state index in [1.807, 2.05) is 185 Å². The zero-order valence-corrected chi connectivity index (χ0v) is 77.0. The number of anilines is 4. The lowest BCUT2D eigenvalue weighted by molar-refractivity contribution is -0.387. The van der Waals surface area contributed by atoms with E-state index in [9.17, 15) is 34.5 Å². The van der Waals surface area contributed by atoms with Crippen LogP contribution in [0, 0.1) is 71.5 Å². The maximum absolute atomic E-state index is 13.0. The summed E-state index contributed by atoms with van der Waals surface area (Å²) in [5, 5.41) is 75.9. The Labute approximate surface area is 782 Å². The number of aliphatic hydroxyl groups is 3. The third-order valence-corrected chi connectivity index (χ3v) is 23.6. The molecule has 16 rings (SSSR count). The number of aryl methyl sites for hydroxylation is 5. The van der Waals surface area contributed by atoms with Gasteiger partial charge in [-0.3, -0.25) is 35.8 Å². The van der Waals surface area contributed by atoms with Crippen molar-refractivity contribution in [1.29, 1.82) is 10.8 Å². The van der Waals surface area contributed by atoms with Gasteiger partial charge in [-0.2, -0.15) is 4.39 Å². The topological polar surface area (TPSA) is 362 Å². The summed E-state index contributed by atoms with van der Waals surface area (Å²) in [7, 11) is 6.26. The summed E-state index contributed by atoms with van der Waals surface area (Å²) >= 11 is 24.2. The molecule has 1 unspecified atom stereocenters. The second-order valence-electron chi connectivity index (χ2n) is 30.6. The first-order chi connectivity index (χ1) is 63.4. The predicted octanol–water partition coefficient (Wildman–Crippen LogP) is 21.2. The van der Waals surface area contributed by atoms with Crippen LogP contribution in [-0.2, 0) is 59.0 Å². The minimum atomic E-state index is -0.889. The lowest BCUT2D eigenvalue weighted by Gasteiger charge is -2.14. The van der Waals surface area contributed by atoms with Crippen LogP contribution >= 0.6 is 46.4 Å². The minimum absolute atomic E-state index is 0.00999. The van der Waals surface area contributed by atoms with Crippen LogP contribution in [0.15, 0.2) is 267 Å². The number of nitrogens with one attached hydrogen (secondary N) is 4. The molecule has 16 aromatic rings. The van der Waals surface area contributed by atoms with Crippen molar-refractivity contribution in [3.05, 3.63) is 402 Å². The van der Waals surface area contributed by atoms with E-state index in [2.05, 4.69) is 77.5 Å². The van der Waals surface area contributed by atoms with Crippen LogP contribution in [-0.4, -0.2) is 87.2 Å². The Balaban J connectivity index is 0.000000157. The van der Waals surface area contributed by atoms with Gasteiger partial charge in [-0.05, 0) is 204 Å². The molecule has 13 aromatic carbocycles. The highest BCUT2D eigenvalue weighted by atomic mass is 35.5. The molecule has 132 heavy (non-hydrogen) atoms. The molecular weight excluding hydrogens is 1760 g/mol. The molecule has 31 heteroatoms. The van der Waals surface area contributed by atoms with Gasteiger partial charge in [0.15, 0.2) is 5.78 Å². The monoisotopic (exact) mass is 1860 g/mol. The zero-order valence-electron chi connectivity index (χ0n) is 74.0. The fraction of sp³-hybridized carbons (Fsp3) is 0.188. The maximum atomic E-state index is 13.0. The number of nitro groups is 2. The Morgan fingerprint density at radius 2 is 0.848 bits per heavy atom. The van der Waals surface area contributed by atoms with Gasteiger partial charge in [0.1, 0.15) is 28.7 Å². The number of nitrogens with two attached hydrogens (primary N) is 2. The summed E-state index contributed by atoms with van der Waals surface area (Å²) in [6.45, 7) is 13.4. The van der Waals surface area contributed by atoms with Gasteiger partial charge in [-0.15, -0.1) is 0 Å². The lowest BCUT2D eigenvalue weighted by atomic mass is 10.1. The molecule has 0 aliphatic rings. The van der Waals surface area contributed by atoms with Crippen LogP contribution in [0.3, 0.4) is 0 Å². The minimum Gasteiger partial charge on any atom is -0.497 e. The van der Waals surface area contributed by atoms with E-state index < -0.39 is 27.5 Å². The Morgan fingerprint density at radius 1 is 0.447 bits per heavy atom. The zero-order chi connectivity index (χ0) is 95.0. The number of hydrogen-bond acceptors (Lipinski definition) is 19. The van der Waals surface area contributed by atoms with Gasteiger partial charge in [-0.1, -0.05) is 180 Å². The number of imidazole rings is 3. The number of halogens is 5. The van der Waals surface area contributed by atoms with Gasteiger partial charge in [0.25, 0.3) is 5.69 Å². The Hall–Kier alpha value is -14.3. The molecule has 1 atom stereocenters. The molecule has 26 nitrogen and oxygen atoms in total. The second-order valence-corrected chi connectivity index (χ2v) is 32.3. The fourth-order valence-electron chi connectivity index (χ4n) is 14.4. The first-order valence-corrected chi connectivity index (χ1v) is 43.0. The number of aliphatic hydroxyl groups excluding tert-OH is 3. The molecule has 0 amide bonds. The highest BCUT2D eigenvalue weighted by Gasteiger charge is 2.23. The van der Waals surface area contributed by atoms with Gasteiger partial charge < -0.3 is 79.2 Å². The SMILES string of the molecule is COc1ccc([N+](=O)[O-])c(F)c1.COc1ccc2c(c1)n(Cc1ccccc1C)c(=N)n2CC(=O)c1ccc(Cl)c(Cl)c1.COc1ccc2c(c1)n(Cc1ccccc1C)c(=N)n2CC(O)c1ccc(Cl)c(Cl)c1.COc1ccc2nc(N)n(Cc3ccccc3C)c2c1.Cc1ccccc1CNc1cc(CO)ccc1N.Cc1ccccc1CNc1cc(CO)ccc1[N+](=O)[O-]. The van der Waals surface area contributed by atoms with E-state index in [0.717, 1.165) is 102 Å². The van der Waals surface area contributed by atoms with Gasteiger partial charge >= 0.3 is 5.69 Å². The van der Waals surface area contributed by atoms with Gasteiger partial charge in [-0.25, -0.2) is 4.98 Å². The van der Waals surface area contributed by atoms with E-state index in [0.29, 0.717) is 97.4 Å². The standard InChI is InChI=1S/C24H23Cl2N3O2.C24H21Cl2N3O2.C16H17N3O.C15H16N2O3.C15H18N2O.C7H6FNO3/c2*1-15-5-3-4-6-17(15)13-28-22-12-18(31-2)8-10-21(22)29(24(28)27)14-23(30)16-7-9-19(25)20(26)11-16;1-11-5-3-4-6-12(11)10-19-15-9-13(20-2)7-8-14(15)18-16(19)17;1-11-4-2-3-5-13(11)9-16-14-8-12(10-18)6-7-15(14)17(19)20;1-11-4-2-3-5-13(11)9-17-15-8-12(10-18)6-7-14(15)16;1-12-5-2-3-7(9(10)11)6(8)4-5/h3-12,23,27,30H,13-14H2,1-2H3;3-12,27H,13-14H2,1-2H3;3-9H,10H2,1-2H3,(H2,17,18);2-8,16,18H,9-10H2,1H3;2-8,17-18H,9-10,16H2,1H3;2-4H,1H3. The maximum Gasteiger partial charge on any atom is 0.305 e. The molecule has 0 radical (unpaired) electrons. The molecular formula is C101H101Cl4FN14O12. The number of hydrogen-bond donors (Lipinski definition) is 9. The number of benzene rings is 13. The summed E-state index contributed by atoms with van der Waals surface area (Å²) in [6, 6.07) is 81.1. The van der Waals surface area contributed by atoms with Gasteiger partial charge in [0, 0.05) is 55.1 Å². The number of carbonyl (C=O) groups is 1. The quantitative estimate of drug-likeness (QED) is 0.0105. The largest absolute Gasteiger partial charge is 0.497 e. The molecule has 0 fully saturated rings. The molecule has 0 saturated carbocycles. The average Bonchev–Trinajstić information content (AvgIpc) is 1.62. The van der Waals surface area contributed by atoms with Crippen molar-refractivity contribution < 1.29 is 53.3 Å². The number of aromatic nitrogens is 6. The van der Waals surface area contributed by atoms with Crippen molar-refractivity contribution in [2.24, 2.45) is 0 Å². The third kappa shape index (κ3) is 25.0.